The molecule has 1 saturated heterocycles. The third-order valence-electron chi connectivity index (χ3n) is 4.20. The number of thioether (sulfide) groups is 1. The van der Waals surface area contributed by atoms with Crippen LogP contribution in [0.3, 0.4) is 0 Å². The summed E-state index contributed by atoms with van der Waals surface area (Å²) in [5, 5.41) is 9.76. The predicted octanol–water partition coefficient (Wildman–Crippen LogP) is 2.71. The number of thiocarbonyl (C=S) groups is 1. The summed E-state index contributed by atoms with van der Waals surface area (Å²) in [6.45, 7) is -0.514. The van der Waals surface area contributed by atoms with E-state index in [9.17, 15) is 14.4 Å². The Hall–Kier alpha value is -3.57. The molecule has 1 aliphatic heterocycles. The molecule has 2 aromatic rings. The van der Waals surface area contributed by atoms with Gasteiger partial charge in [0.15, 0.2) is 22.4 Å². The van der Waals surface area contributed by atoms with E-state index >= 15 is 0 Å². The molecule has 0 bridgehead atoms. The van der Waals surface area contributed by atoms with Crippen LogP contribution in [-0.4, -0.2) is 53.0 Å². The zero-order chi connectivity index (χ0) is 23.3. The summed E-state index contributed by atoms with van der Waals surface area (Å²) in [5.41, 5.74) is 3.36. The molecule has 0 radical (unpaired) electrons. The lowest BCUT2D eigenvalue weighted by Crippen LogP contribution is -2.44. The molecule has 2 N–H and O–H groups in total. The van der Waals surface area contributed by atoms with Crippen molar-refractivity contribution >= 4 is 52.2 Å². The van der Waals surface area contributed by atoms with Gasteiger partial charge < -0.3 is 19.3 Å². The van der Waals surface area contributed by atoms with Crippen molar-refractivity contribution in [3.8, 4) is 17.2 Å². The van der Waals surface area contributed by atoms with Gasteiger partial charge in [0.05, 0.1) is 24.7 Å². The van der Waals surface area contributed by atoms with Gasteiger partial charge in [0, 0.05) is 0 Å². The summed E-state index contributed by atoms with van der Waals surface area (Å²) in [5.74, 6) is -1.23. The molecule has 9 nitrogen and oxygen atoms in total. The quantitative estimate of drug-likeness (QED) is 0.440. The summed E-state index contributed by atoms with van der Waals surface area (Å²) >= 11 is 6.28. The first-order valence-corrected chi connectivity index (χ1v) is 10.3. The second-order valence-electron chi connectivity index (χ2n) is 6.25. The van der Waals surface area contributed by atoms with Gasteiger partial charge in [-0.1, -0.05) is 30.0 Å². The van der Waals surface area contributed by atoms with Crippen molar-refractivity contribution in [3.63, 3.8) is 0 Å². The summed E-state index contributed by atoms with van der Waals surface area (Å²) in [6, 6.07) is 11.4. The Morgan fingerprint density at radius 1 is 1.12 bits per heavy atom. The van der Waals surface area contributed by atoms with E-state index in [2.05, 4.69) is 5.43 Å². The van der Waals surface area contributed by atoms with E-state index in [4.69, 9.17) is 31.5 Å². The highest BCUT2D eigenvalue weighted by atomic mass is 32.2. The lowest BCUT2D eigenvalue weighted by Gasteiger charge is -2.16. The van der Waals surface area contributed by atoms with Crippen molar-refractivity contribution in [2.75, 3.05) is 20.8 Å². The van der Waals surface area contributed by atoms with Crippen LogP contribution in [0.2, 0.25) is 0 Å². The first kappa shape index (κ1) is 23.1. The van der Waals surface area contributed by atoms with E-state index < -0.39 is 24.4 Å². The number of aliphatic carboxylic acids is 1. The molecule has 166 valence electrons. The zero-order valence-electron chi connectivity index (χ0n) is 17.0. The normalized spacial score (nSPS) is 14.4. The molecule has 2 amide bonds. The minimum atomic E-state index is -1.12. The third-order valence-corrected chi connectivity index (χ3v) is 5.50. The van der Waals surface area contributed by atoms with Crippen LogP contribution in [0, 0.1) is 0 Å². The average Bonchev–Trinajstić information content (AvgIpc) is 3.05. The van der Waals surface area contributed by atoms with Crippen molar-refractivity contribution < 1.29 is 33.7 Å². The fourth-order valence-electron chi connectivity index (χ4n) is 2.74. The van der Waals surface area contributed by atoms with E-state index in [1.807, 2.05) is 0 Å². The summed E-state index contributed by atoms with van der Waals surface area (Å²) < 4.78 is 15.7. The maximum atomic E-state index is 12.8. The number of hydrogen-bond donors (Lipinski definition) is 2. The molecular formula is C21H18N2O7S2. The number of methoxy groups -OCH3 is 2. The molecule has 1 aliphatic rings. The molecule has 0 saturated carbocycles. The second kappa shape index (κ2) is 10.2. The number of ether oxygens (including phenoxy) is 3. The van der Waals surface area contributed by atoms with E-state index in [0.29, 0.717) is 17.1 Å². The maximum Gasteiger partial charge on any atom is 0.341 e. The SMILES string of the molecule is COc1cc(/C=C2/SC(=S)N(NC(=O)c3ccccc3OC)C2=O)ccc1OCC(=O)O. The Morgan fingerprint density at radius 3 is 2.53 bits per heavy atom. The van der Waals surface area contributed by atoms with E-state index in [1.54, 1.807) is 42.5 Å². The number of nitrogens with one attached hydrogen (secondary N) is 1. The highest BCUT2D eigenvalue weighted by Gasteiger charge is 2.34. The molecule has 0 aromatic heterocycles. The number of amides is 2. The van der Waals surface area contributed by atoms with Crippen LogP contribution in [0.4, 0.5) is 0 Å². The Kier molecular flexibility index (Phi) is 7.33. The summed E-state index contributed by atoms with van der Waals surface area (Å²) in [6.07, 6.45) is 1.58. The van der Waals surface area contributed by atoms with E-state index in [1.165, 1.54) is 20.3 Å². The van der Waals surface area contributed by atoms with Crippen molar-refractivity contribution in [2.45, 2.75) is 0 Å². The van der Waals surface area contributed by atoms with Crippen LogP contribution in [0.15, 0.2) is 47.4 Å². The van der Waals surface area contributed by atoms with Crippen LogP contribution in [0.5, 0.6) is 17.2 Å². The summed E-state index contributed by atoms with van der Waals surface area (Å²) in [7, 11) is 2.86. The standard InChI is InChI=1S/C21H18N2O7S2/c1-28-14-6-4-3-5-13(14)19(26)22-23-20(27)17(32-21(23)31)10-12-7-8-15(16(9-12)29-2)30-11-18(24)25/h3-10H,11H2,1-2H3,(H,22,26)(H,24,25)/b17-10+. The molecule has 2 aromatic carbocycles. The van der Waals surface area contributed by atoms with Gasteiger partial charge in [-0.3, -0.25) is 15.0 Å². The van der Waals surface area contributed by atoms with Crippen LogP contribution < -0.4 is 19.6 Å². The molecule has 0 aliphatic carbocycles. The zero-order valence-corrected chi connectivity index (χ0v) is 18.6. The molecule has 1 heterocycles. The number of nitrogens with zero attached hydrogens (tertiary/aromatic N) is 1. The second-order valence-corrected chi connectivity index (χ2v) is 7.93. The Labute approximate surface area is 192 Å². The Balaban J connectivity index is 1.78. The molecule has 3 rings (SSSR count). The maximum absolute atomic E-state index is 12.8. The number of carbonyl (C=O) groups excluding carboxylic acids is 2. The topological polar surface area (TPSA) is 114 Å². The molecule has 0 spiro atoms. The number of carboxylic acid groups (broad SMARTS) is 1. The third kappa shape index (κ3) is 5.18. The lowest BCUT2D eigenvalue weighted by atomic mass is 10.2. The van der Waals surface area contributed by atoms with Gasteiger partial charge in [-0.05, 0) is 48.1 Å². The Bertz CT molecular complexity index is 1120. The van der Waals surface area contributed by atoms with Crippen molar-refractivity contribution in [1.82, 2.24) is 10.4 Å². The van der Waals surface area contributed by atoms with Crippen LogP contribution in [0.1, 0.15) is 15.9 Å². The number of rotatable bonds is 8. The van der Waals surface area contributed by atoms with Gasteiger partial charge in [-0.15, -0.1) is 0 Å². The van der Waals surface area contributed by atoms with Crippen molar-refractivity contribution in [1.29, 1.82) is 0 Å². The molecular weight excluding hydrogens is 456 g/mol. The highest BCUT2D eigenvalue weighted by Crippen LogP contribution is 2.34. The lowest BCUT2D eigenvalue weighted by molar-refractivity contribution is -0.139. The van der Waals surface area contributed by atoms with Crippen LogP contribution in [0.25, 0.3) is 6.08 Å². The Morgan fingerprint density at radius 2 is 1.84 bits per heavy atom. The van der Waals surface area contributed by atoms with E-state index in [-0.39, 0.29) is 20.5 Å². The smallest absolute Gasteiger partial charge is 0.341 e. The minimum absolute atomic E-state index is 0.165. The number of benzene rings is 2. The van der Waals surface area contributed by atoms with Gasteiger partial charge in [0.25, 0.3) is 11.8 Å². The monoisotopic (exact) mass is 474 g/mol. The minimum Gasteiger partial charge on any atom is -0.496 e. The van der Waals surface area contributed by atoms with Gasteiger partial charge in [-0.25, -0.2) is 4.79 Å². The number of carboxylic acids is 1. The van der Waals surface area contributed by atoms with Gasteiger partial charge in [0.2, 0.25) is 0 Å². The highest BCUT2D eigenvalue weighted by molar-refractivity contribution is 8.26. The molecule has 0 unspecified atom stereocenters. The van der Waals surface area contributed by atoms with Crippen molar-refractivity contribution in [2.24, 2.45) is 0 Å². The molecule has 0 atom stereocenters. The number of hydrogen-bond acceptors (Lipinski definition) is 8. The van der Waals surface area contributed by atoms with Crippen LogP contribution in [-0.2, 0) is 9.59 Å². The number of carbonyl (C=O) groups is 3. The summed E-state index contributed by atoms with van der Waals surface area (Å²) in [4.78, 5) is 36.4. The number of hydrazine groups is 1. The average molecular weight is 475 g/mol. The largest absolute Gasteiger partial charge is 0.496 e. The number of para-hydroxylation sites is 1. The molecule has 1 fully saturated rings. The van der Waals surface area contributed by atoms with E-state index in [0.717, 1.165) is 16.8 Å². The fraction of sp³-hybridized carbons (Fsp3) is 0.143. The fourth-order valence-corrected chi connectivity index (χ4v) is 3.92. The predicted molar refractivity (Wildman–Crippen MR) is 122 cm³/mol. The first-order chi connectivity index (χ1) is 15.3. The van der Waals surface area contributed by atoms with Gasteiger partial charge in [-0.2, -0.15) is 5.01 Å². The molecule has 32 heavy (non-hydrogen) atoms. The van der Waals surface area contributed by atoms with Gasteiger partial charge >= 0.3 is 5.97 Å². The van der Waals surface area contributed by atoms with Crippen molar-refractivity contribution in [3.05, 3.63) is 58.5 Å². The molecule has 11 heteroatoms. The first-order valence-electron chi connectivity index (χ1n) is 9.08. The van der Waals surface area contributed by atoms with Crippen LogP contribution >= 0.6 is 24.0 Å². The van der Waals surface area contributed by atoms with Gasteiger partial charge in [0.1, 0.15) is 5.75 Å².